The van der Waals surface area contributed by atoms with Gasteiger partial charge in [0.2, 0.25) is 5.91 Å². The van der Waals surface area contributed by atoms with Crippen LogP contribution in [0.15, 0.2) is 40.9 Å². The number of ether oxygens (including phenoxy) is 2. The third-order valence-corrected chi connectivity index (χ3v) is 4.39. The number of anilines is 1. The third-order valence-electron chi connectivity index (χ3n) is 3.74. The van der Waals surface area contributed by atoms with E-state index in [9.17, 15) is 4.79 Å². The van der Waals surface area contributed by atoms with Gasteiger partial charge in [0.25, 0.3) is 0 Å². The number of carbonyl (C=O) groups excluding carboxylic acids is 1. The fraction of sp³-hybridized carbons (Fsp3) is 0.316. The molecule has 25 heavy (non-hydrogen) atoms. The molecule has 0 aliphatic rings. The zero-order chi connectivity index (χ0) is 18.4. The minimum atomic E-state index is -0.0751. The molecule has 0 heterocycles. The topological polar surface area (TPSA) is 50.8 Å². The van der Waals surface area contributed by atoms with Gasteiger partial charge in [-0.25, -0.2) is 0 Å². The Labute approximate surface area is 157 Å². The van der Waals surface area contributed by atoms with E-state index in [1.54, 1.807) is 14.2 Å². The first-order chi connectivity index (χ1) is 11.9. The molecule has 0 bridgehead atoms. The summed E-state index contributed by atoms with van der Waals surface area (Å²) in [5.41, 5.74) is 2.86. The summed E-state index contributed by atoms with van der Waals surface area (Å²) in [6.07, 6.45) is 0. The van der Waals surface area contributed by atoms with E-state index in [0.717, 1.165) is 21.3 Å². The van der Waals surface area contributed by atoms with Gasteiger partial charge in [-0.05, 0) is 53.7 Å². The average Bonchev–Trinajstić information content (AvgIpc) is 2.57. The summed E-state index contributed by atoms with van der Waals surface area (Å²) in [5, 5.41) is 2.92. The van der Waals surface area contributed by atoms with Gasteiger partial charge in [0.05, 0.1) is 26.5 Å². The molecule has 0 aliphatic heterocycles. The molecule has 0 saturated carbocycles. The molecule has 2 rings (SSSR count). The first-order valence-corrected chi connectivity index (χ1v) is 8.68. The minimum absolute atomic E-state index is 0.0751. The van der Waals surface area contributed by atoms with Crippen LogP contribution in [0, 0.1) is 6.92 Å². The SMILES string of the molecule is COc1cccc(CN(C)CC(=O)Nc2ccc(C)cc2Br)c1OC. The second-order valence-electron chi connectivity index (χ2n) is 5.86. The van der Waals surface area contributed by atoms with Gasteiger partial charge in [0.15, 0.2) is 11.5 Å². The molecule has 6 heteroatoms. The lowest BCUT2D eigenvalue weighted by atomic mass is 10.1. The molecule has 0 radical (unpaired) electrons. The van der Waals surface area contributed by atoms with Gasteiger partial charge >= 0.3 is 0 Å². The van der Waals surface area contributed by atoms with E-state index < -0.39 is 0 Å². The molecule has 0 unspecified atom stereocenters. The monoisotopic (exact) mass is 406 g/mol. The Morgan fingerprint density at radius 2 is 1.96 bits per heavy atom. The molecule has 0 fully saturated rings. The molecule has 0 aromatic heterocycles. The van der Waals surface area contributed by atoms with E-state index in [-0.39, 0.29) is 12.5 Å². The maximum atomic E-state index is 12.3. The van der Waals surface area contributed by atoms with E-state index in [2.05, 4.69) is 21.2 Å². The Balaban J connectivity index is 2.00. The molecule has 0 saturated heterocycles. The second-order valence-corrected chi connectivity index (χ2v) is 6.71. The van der Waals surface area contributed by atoms with Crippen LogP contribution in [0.25, 0.3) is 0 Å². The number of aryl methyl sites for hydroxylation is 1. The number of methoxy groups -OCH3 is 2. The summed E-state index contributed by atoms with van der Waals surface area (Å²) >= 11 is 3.47. The van der Waals surface area contributed by atoms with E-state index in [4.69, 9.17) is 9.47 Å². The van der Waals surface area contributed by atoms with Crippen LogP contribution in [-0.2, 0) is 11.3 Å². The van der Waals surface area contributed by atoms with Crippen LogP contribution in [0.4, 0.5) is 5.69 Å². The number of carbonyl (C=O) groups is 1. The number of benzene rings is 2. The molecular formula is C19H23BrN2O3. The summed E-state index contributed by atoms with van der Waals surface area (Å²) in [6.45, 7) is 2.84. The van der Waals surface area contributed by atoms with Gasteiger partial charge in [-0.1, -0.05) is 18.2 Å². The van der Waals surface area contributed by atoms with Crippen molar-refractivity contribution in [1.29, 1.82) is 0 Å². The van der Waals surface area contributed by atoms with Gasteiger partial charge in [-0.15, -0.1) is 0 Å². The highest BCUT2D eigenvalue weighted by molar-refractivity contribution is 9.10. The molecule has 2 aromatic rings. The van der Waals surface area contributed by atoms with Gasteiger partial charge in [0.1, 0.15) is 0 Å². The van der Waals surface area contributed by atoms with Crippen molar-refractivity contribution in [2.24, 2.45) is 0 Å². The lowest BCUT2D eigenvalue weighted by Gasteiger charge is -2.19. The van der Waals surface area contributed by atoms with E-state index in [1.165, 1.54) is 0 Å². The normalized spacial score (nSPS) is 10.6. The Bertz CT molecular complexity index is 749. The number of nitrogens with one attached hydrogen (secondary N) is 1. The lowest BCUT2D eigenvalue weighted by molar-refractivity contribution is -0.117. The first-order valence-electron chi connectivity index (χ1n) is 7.89. The fourth-order valence-corrected chi connectivity index (χ4v) is 3.17. The van der Waals surface area contributed by atoms with Crippen LogP contribution in [0.2, 0.25) is 0 Å². The second kappa shape index (κ2) is 8.87. The van der Waals surface area contributed by atoms with Crippen molar-refractivity contribution in [2.75, 3.05) is 33.1 Å². The zero-order valence-electron chi connectivity index (χ0n) is 14.9. The highest BCUT2D eigenvalue weighted by Gasteiger charge is 2.14. The number of halogens is 1. The predicted octanol–water partition coefficient (Wildman–Crippen LogP) is 3.85. The Kier molecular flexibility index (Phi) is 6.84. The summed E-state index contributed by atoms with van der Waals surface area (Å²) in [4.78, 5) is 14.2. The molecule has 2 aromatic carbocycles. The van der Waals surface area contributed by atoms with Crippen LogP contribution in [0.1, 0.15) is 11.1 Å². The Hall–Kier alpha value is -2.05. The average molecular weight is 407 g/mol. The van der Waals surface area contributed by atoms with E-state index >= 15 is 0 Å². The van der Waals surface area contributed by atoms with Crippen molar-refractivity contribution in [3.8, 4) is 11.5 Å². The van der Waals surface area contributed by atoms with Crippen LogP contribution in [0.5, 0.6) is 11.5 Å². The van der Waals surface area contributed by atoms with Crippen LogP contribution in [-0.4, -0.2) is 38.6 Å². The van der Waals surface area contributed by atoms with E-state index in [1.807, 2.05) is 55.3 Å². The quantitative estimate of drug-likeness (QED) is 0.758. The minimum Gasteiger partial charge on any atom is -0.493 e. The number of hydrogen-bond donors (Lipinski definition) is 1. The third kappa shape index (κ3) is 5.21. The van der Waals surface area contributed by atoms with Gasteiger partial charge in [0, 0.05) is 16.6 Å². The van der Waals surface area contributed by atoms with Crippen LogP contribution >= 0.6 is 15.9 Å². The molecule has 5 nitrogen and oxygen atoms in total. The fourth-order valence-electron chi connectivity index (χ4n) is 2.58. The van der Waals surface area contributed by atoms with Crippen LogP contribution in [0.3, 0.4) is 0 Å². The van der Waals surface area contributed by atoms with Gasteiger partial charge in [-0.2, -0.15) is 0 Å². The number of para-hydroxylation sites is 1. The molecule has 0 aliphatic carbocycles. The van der Waals surface area contributed by atoms with Crippen molar-refractivity contribution >= 4 is 27.5 Å². The standard InChI is InChI=1S/C19H23BrN2O3/c1-13-8-9-16(15(20)10-13)21-18(23)12-22(2)11-14-6-5-7-17(24-3)19(14)25-4/h5-10H,11-12H2,1-4H3,(H,21,23). The zero-order valence-corrected chi connectivity index (χ0v) is 16.5. The van der Waals surface area contributed by atoms with Gasteiger partial charge in [-0.3, -0.25) is 9.69 Å². The highest BCUT2D eigenvalue weighted by atomic mass is 79.9. The number of hydrogen-bond acceptors (Lipinski definition) is 4. The van der Waals surface area contributed by atoms with Crippen LogP contribution < -0.4 is 14.8 Å². The smallest absolute Gasteiger partial charge is 0.238 e. The summed E-state index contributed by atoms with van der Waals surface area (Å²) in [5.74, 6) is 1.30. The summed E-state index contributed by atoms with van der Waals surface area (Å²) in [7, 11) is 5.11. The maximum Gasteiger partial charge on any atom is 0.238 e. The maximum absolute atomic E-state index is 12.3. The van der Waals surface area contributed by atoms with Crippen molar-refractivity contribution < 1.29 is 14.3 Å². The summed E-state index contributed by atoms with van der Waals surface area (Å²) in [6, 6.07) is 11.6. The number of rotatable bonds is 7. The lowest BCUT2D eigenvalue weighted by Crippen LogP contribution is -2.30. The van der Waals surface area contributed by atoms with Crippen molar-refractivity contribution in [1.82, 2.24) is 4.90 Å². The first kappa shape index (κ1) is 19.3. The molecule has 1 N–H and O–H groups in total. The molecule has 0 atom stereocenters. The largest absolute Gasteiger partial charge is 0.493 e. The van der Waals surface area contributed by atoms with E-state index in [0.29, 0.717) is 18.0 Å². The van der Waals surface area contributed by atoms with Gasteiger partial charge < -0.3 is 14.8 Å². The predicted molar refractivity (Wildman–Crippen MR) is 103 cm³/mol. The number of likely N-dealkylation sites (N-methyl/N-ethyl adjacent to an activating group) is 1. The summed E-state index contributed by atoms with van der Waals surface area (Å²) < 4.78 is 11.6. The highest BCUT2D eigenvalue weighted by Crippen LogP contribution is 2.31. The Morgan fingerprint density at radius 1 is 1.20 bits per heavy atom. The van der Waals surface area contributed by atoms with Crippen molar-refractivity contribution in [3.05, 3.63) is 52.0 Å². The van der Waals surface area contributed by atoms with Crippen molar-refractivity contribution in [3.63, 3.8) is 0 Å². The Morgan fingerprint density at radius 3 is 2.60 bits per heavy atom. The molecular weight excluding hydrogens is 384 g/mol. The number of amides is 1. The molecule has 0 spiro atoms. The number of nitrogens with zero attached hydrogens (tertiary/aromatic N) is 1. The molecule has 1 amide bonds. The molecule has 134 valence electrons. The van der Waals surface area contributed by atoms with Crippen molar-refractivity contribution in [2.45, 2.75) is 13.5 Å².